The largest absolute Gasteiger partial charge is 0.478 e. The van der Waals surface area contributed by atoms with E-state index in [1.807, 2.05) is 4.90 Å². The van der Waals surface area contributed by atoms with Crippen LogP contribution in [0.4, 0.5) is 5.82 Å². The van der Waals surface area contributed by atoms with Crippen LogP contribution < -0.4 is 16.1 Å². The average molecular weight is 345 g/mol. The quantitative estimate of drug-likeness (QED) is 0.820. The van der Waals surface area contributed by atoms with Crippen molar-refractivity contribution in [3.8, 4) is 0 Å². The molecule has 1 aliphatic heterocycles. The highest BCUT2D eigenvalue weighted by atomic mass is 16.5. The Hall–Kier alpha value is -2.87. The van der Waals surface area contributed by atoms with Gasteiger partial charge in [-0.3, -0.25) is 14.3 Å². The molecule has 0 spiro atoms. The number of H-pyrrole nitrogens is 1. The van der Waals surface area contributed by atoms with Crippen LogP contribution in [0.25, 0.3) is 0 Å². The van der Waals surface area contributed by atoms with Gasteiger partial charge in [0.1, 0.15) is 5.82 Å². The van der Waals surface area contributed by atoms with Gasteiger partial charge in [0.05, 0.1) is 24.3 Å². The number of nitrogens with one attached hydrogen (secondary N) is 1. The number of aromatic amines is 1. The van der Waals surface area contributed by atoms with Crippen molar-refractivity contribution in [2.45, 2.75) is 6.42 Å². The summed E-state index contributed by atoms with van der Waals surface area (Å²) in [6.07, 6.45) is 0.302. The number of benzene rings is 1. The fourth-order valence-electron chi connectivity index (χ4n) is 2.84. The predicted octanol–water partition coefficient (Wildman–Crippen LogP) is 0.199. The number of hydrogen-bond donors (Lipinski definition) is 2. The van der Waals surface area contributed by atoms with Crippen molar-refractivity contribution in [1.29, 1.82) is 0 Å². The van der Waals surface area contributed by atoms with Crippen molar-refractivity contribution in [3.05, 3.63) is 61.8 Å². The highest BCUT2D eigenvalue weighted by Crippen LogP contribution is 2.18. The molecule has 1 saturated heterocycles. The standard InChI is InChI=1S/C17H19N3O5/c1-19-15(21)13(10-11-2-4-12(5-3-11)16(22)23)14(18-17(19)24)20-6-8-25-9-7-20/h2-5H,6-10H2,1H3,(H,18,24)(H,22,23). The fraction of sp³-hybridized carbons (Fsp3) is 0.353. The average Bonchev–Trinajstić information content (AvgIpc) is 2.63. The van der Waals surface area contributed by atoms with E-state index in [2.05, 4.69) is 4.98 Å². The Labute approximate surface area is 143 Å². The topological polar surface area (TPSA) is 105 Å². The molecule has 1 aliphatic rings. The zero-order valence-corrected chi connectivity index (χ0v) is 13.8. The summed E-state index contributed by atoms with van der Waals surface area (Å²) < 4.78 is 6.37. The van der Waals surface area contributed by atoms with Gasteiger partial charge in [0.25, 0.3) is 5.56 Å². The summed E-state index contributed by atoms with van der Waals surface area (Å²) in [5.41, 5.74) is 0.645. The molecule has 8 nitrogen and oxygen atoms in total. The van der Waals surface area contributed by atoms with Crippen molar-refractivity contribution in [2.75, 3.05) is 31.2 Å². The minimum atomic E-state index is -1.000. The lowest BCUT2D eigenvalue weighted by atomic mass is 10.0. The number of carboxylic acids is 1. The van der Waals surface area contributed by atoms with E-state index in [-0.39, 0.29) is 11.1 Å². The third kappa shape index (κ3) is 3.48. The van der Waals surface area contributed by atoms with Crippen molar-refractivity contribution in [3.63, 3.8) is 0 Å². The SMILES string of the molecule is Cn1c(=O)[nH]c(N2CCOCC2)c(Cc2ccc(C(=O)O)cc2)c1=O. The van der Waals surface area contributed by atoms with Gasteiger partial charge in [-0.05, 0) is 17.7 Å². The van der Waals surface area contributed by atoms with Gasteiger partial charge < -0.3 is 14.7 Å². The summed E-state index contributed by atoms with van der Waals surface area (Å²) in [4.78, 5) is 40.3. The second-order valence-corrected chi connectivity index (χ2v) is 5.90. The Bertz CT molecular complexity index is 892. The number of carbonyl (C=O) groups is 1. The predicted molar refractivity (Wildman–Crippen MR) is 91.5 cm³/mol. The zero-order chi connectivity index (χ0) is 18.0. The fourth-order valence-corrected chi connectivity index (χ4v) is 2.84. The first-order chi connectivity index (χ1) is 12.0. The summed E-state index contributed by atoms with van der Waals surface area (Å²) in [6, 6.07) is 6.36. The zero-order valence-electron chi connectivity index (χ0n) is 13.8. The molecule has 8 heteroatoms. The summed E-state index contributed by atoms with van der Waals surface area (Å²) in [6.45, 7) is 2.25. The number of ether oxygens (including phenoxy) is 1. The molecule has 1 aromatic heterocycles. The molecule has 1 aromatic carbocycles. The maximum atomic E-state index is 12.6. The monoisotopic (exact) mass is 345 g/mol. The van der Waals surface area contributed by atoms with Crippen molar-refractivity contribution in [1.82, 2.24) is 9.55 Å². The normalized spacial score (nSPS) is 14.5. The highest BCUT2D eigenvalue weighted by Gasteiger charge is 2.20. The second-order valence-electron chi connectivity index (χ2n) is 5.90. The smallest absolute Gasteiger partial charge is 0.335 e. The molecular weight excluding hydrogens is 326 g/mol. The van der Waals surface area contributed by atoms with E-state index in [1.165, 1.54) is 19.2 Å². The van der Waals surface area contributed by atoms with Crippen LogP contribution in [0.2, 0.25) is 0 Å². The third-order valence-electron chi connectivity index (χ3n) is 4.29. The Morgan fingerprint density at radius 2 is 1.84 bits per heavy atom. The number of aromatic nitrogens is 2. The van der Waals surface area contributed by atoms with E-state index >= 15 is 0 Å². The Morgan fingerprint density at radius 3 is 2.44 bits per heavy atom. The van der Waals surface area contributed by atoms with Gasteiger partial charge in [-0.15, -0.1) is 0 Å². The van der Waals surface area contributed by atoms with Gasteiger partial charge in [0, 0.05) is 26.6 Å². The number of morpholine rings is 1. The van der Waals surface area contributed by atoms with Gasteiger partial charge in [-0.25, -0.2) is 9.59 Å². The molecule has 25 heavy (non-hydrogen) atoms. The molecular formula is C17H19N3O5. The minimum Gasteiger partial charge on any atom is -0.478 e. The molecule has 3 rings (SSSR count). The Balaban J connectivity index is 2.01. The number of anilines is 1. The van der Waals surface area contributed by atoms with E-state index in [0.717, 1.165) is 10.1 Å². The van der Waals surface area contributed by atoms with E-state index in [4.69, 9.17) is 9.84 Å². The summed E-state index contributed by atoms with van der Waals surface area (Å²) in [5, 5.41) is 8.98. The van der Waals surface area contributed by atoms with E-state index in [9.17, 15) is 14.4 Å². The molecule has 0 bridgehead atoms. The van der Waals surface area contributed by atoms with Crippen LogP contribution in [-0.4, -0.2) is 46.9 Å². The second kappa shape index (κ2) is 6.94. The Morgan fingerprint density at radius 1 is 1.20 bits per heavy atom. The Kier molecular flexibility index (Phi) is 4.71. The molecule has 0 atom stereocenters. The highest BCUT2D eigenvalue weighted by molar-refractivity contribution is 5.87. The summed E-state index contributed by atoms with van der Waals surface area (Å²) in [5.74, 6) is -0.487. The van der Waals surface area contributed by atoms with Gasteiger partial charge in [0.2, 0.25) is 0 Å². The number of rotatable bonds is 4. The molecule has 1 fully saturated rings. The van der Waals surface area contributed by atoms with Gasteiger partial charge in [-0.2, -0.15) is 0 Å². The maximum Gasteiger partial charge on any atom is 0.335 e. The molecule has 0 amide bonds. The first-order valence-electron chi connectivity index (χ1n) is 7.94. The first-order valence-corrected chi connectivity index (χ1v) is 7.94. The molecule has 0 saturated carbocycles. The molecule has 2 N–H and O–H groups in total. The number of hydrogen-bond acceptors (Lipinski definition) is 5. The minimum absolute atomic E-state index is 0.187. The van der Waals surface area contributed by atoms with Crippen LogP contribution >= 0.6 is 0 Å². The van der Waals surface area contributed by atoms with Gasteiger partial charge in [-0.1, -0.05) is 12.1 Å². The maximum absolute atomic E-state index is 12.6. The number of carboxylic acid groups (broad SMARTS) is 1. The molecule has 0 radical (unpaired) electrons. The summed E-state index contributed by atoms with van der Waals surface area (Å²) >= 11 is 0. The van der Waals surface area contributed by atoms with Crippen LogP contribution in [-0.2, 0) is 18.2 Å². The van der Waals surface area contributed by atoms with Crippen LogP contribution in [0.1, 0.15) is 21.5 Å². The molecule has 0 aliphatic carbocycles. The molecule has 132 valence electrons. The first kappa shape index (κ1) is 17.0. The molecule has 2 heterocycles. The van der Waals surface area contributed by atoms with Gasteiger partial charge in [0.15, 0.2) is 0 Å². The van der Waals surface area contributed by atoms with Crippen LogP contribution in [0.15, 0.2) is 33.9 Å². The molecule has 0 unspecified atom stereocenters. The van der Waals surface area contributed by atoms with Crippen LogP contribution in [0, 0.1) is 0 Å². The summed E-state index contributed by atoms with van der Waals surface area (Å²) in [7, 11) is 1.43. The lowest BCUT2D eigenvalue weighted by molar-refractivity contribution is 0.0697. The van der Waals surface area contributed by atoms with Crippen LogP contribution in [0.5, 0.6) is 0 Å². The van der Waals surface area contributed by atoms with Crippen molar-refractivity contribution >= 4 is 11.8 Å². The van der Waals surface area contributed by atoms with Crippen molar-refractivity contribution in [2.24, 2.45) is 7.05 Å². The lowest BCUT2D eigenvalue weighted by Crippen LogP contribution is -2.43. The van der Waals surface area contributed by atoms with Gasteiger partial charge >= 0.3 is 11.7 Å². The number of nitrogens with zero attached hydrogens (tertiary/aromatic N) is 2. The van der Waals surface area contributed by atoms with Crippen molar-refractivity contribution < 1.29 is 14.6 Å². The van der Waals surface area contributed by atoms with E-state index < -0.39 is 11.7 Å². The lowest BCUT2D eigenvalue weighted by Gasteiger charge is -2.29. The molecule has 2 aromatic rings. The van der Waals surface area contributed by atoms with E-state index in [1.54, 1.807) is 12.1 Å². The van der Waals surface area contributed by atoms with Crippen LogP contribution in [0.3, 0.4) is 0 Å². The third-order valence-corrected chi connectivity index (χ3v) is 4.29. The number of aromatic carboxylic acids is 1. The van der Waals surface area contributed by atoms with E-state index in [0.29, 0.717) is 44.1 Å².